The molecule has 0 unspecified atom stereocenters. The highest BCUT2D eigenvalue weighted by atomic mass is 32.1. The molecule has 0 radical (unpaired) electrons. The molecule has 3 aromatic rings. The van der Waals surface area contributed by atoms with Gasteiger partial charge in [-0.05, 0) is 30.3 Å². The van der Waals surface area contributed by atoms with Gasteiger partial charge >= 0.3 is 0 Å². The monoisotopic (exact) mass is 387 g/mol. The van der Waals surface area contributed by atoms with E-state index < -0.39 is 0 Å². The topological polar surface area (TPSA) is 68.0 Å². The van der Waals surface area contributed by atoms with Gasteiger partial charge in [0.15, 0.2) is 10.9 Å². The molecule has 0 spiro atoms. The van der Waals surface area contributed by atoms with Crippen LogP contribution in [-0.2, 0) is 4.74 Å². The van der Waals surface area contributed by atoms with Gasteiger partial charge in [0.2, 0.25) is 0 Å². The van der Waals surface area contributed by atoms with E-state index in [1.54, 1.807) is 24.1 Å². The van der Waals surface area contributed by atoms with E-state index in [0.29, 0.717) is 17.4 Å². The van der Waals surface area contributed by atoms with Crippen molar-refractivity contribution in [2.45, 2.75) is 0 Å². The zero-order valence-electron chi connectivity index (χ0n) is 15.1. The first kappa shape index (κ1) is 18.0. The average Bonchev–Trinajstić information content (AvgIpc) is 3.38. The Bertz CT molecular complexity index is 903. The van der Waals surface area contributed by atoms with Gasteiger partial charge in [-0.2, -0.15) is 0 Å². The number of methoxy groups -OCH3 is 1. The Balaban J connectivity index is 1.61. The van der Waals surface area contributed by atoms with Crippen LogP contribution in [0.2, 0.25) is 0 Å². The zero-order valence-corrected chi connectivity index (χ0v) is 15.9. The number of aromatic nitrogens is 1. The van der Waals surface area contributed by atoms with E-state index in [1.165, 1.54) is 17.6 Å². The highest BCUT2D eigenvalue weighted by molar-refractivity contribution is 7.22. The maximum Gasteiger partial charge on any atom is 0.295 e. The van der Waals surface area contributed by atoms with Crippen LogP contribution in [0, 0.1) is 0 Å². The molecule has 1 aliphatic heterocycles. The maximum absolute atomic E-state index is 13.0. The lowest BCUT2D eigenvalue weighted by Gasteiger charge is -2.28. The molecule has 1 aromatic carbocycles. The fraction of sp³-hybridized carbons (Fsp3) is 0.368. The molecule has 142 valence electrons. The molecule has 0 N–H and O–H groups in total. The van der Waals surface area contributed by atoms with Crippen LogP contribution >= 0.6 is 11.3 Å². The number of ether oxygens (including phenoxy) is 2. The molecule has 1 saturated heterocycles. The van der Waals surface area contributed by atoms with Gasteiger partial charge in [-0.3, -0.25) is 14.6 Å². The molecule has 8 heteroatoms. The minimum atomic E-state index is -0.181. The average molecular weight is 387 g/mol. The molecular formula is C19H21N3O4S. The number of anilines is 1. The molecule has 2 aromatic heterocycles. The Kier molecular flexibility index (Phi) is 5.38. The van der Waals surface area contributed by atoms with Crippen molar-refractivity contribution >= 4 is 32.6 Å². The van der Waals surface area contributed by atoms with Crippen molar-refractivity contribution in [3.05, 3.63) is 42.4 Å². The second kappa shape index (κ2) is 8.08. The number of hydrogen-bond donors (Lipinski definition) is 0. The summed E-state index contributed by atoms with van der Waals surface area (Å²) in [4.78, 5) is 21.7. The van der Waals surface area contributed by atoms with Crippen LogP contribution in [0.1, 0.15) is 10.6 Å². The predicted octanol–water partition coefficient (Wildman–Crippen LogP) is 2.88. The van der Waals surface area contributed by atoms with Crippen molar-refractivity contribution in [2.75, 3.05) is 51.4 Å². The normalized spacial score (nSPS) is 15.1. The summed E-state index contributed by atoms with van der Waals surface area (Å²) in [6, 6.07) is 9.12. The van der Waals surface area contributed by atoms with Crippen LogP contribution in [0.25, 0.3) is 10.2 Å². The minimum absolute atomic E-state index is 0.181. The third-order valence-electron chi connectivity index (χ3n) is 4.54. The van der Waals surface area contributed by atoms with Gasteiger partial charge in [-0.15, -0.1) is 0 Å². The minimum Gasteiger partial charge on any atom is -0.497 e. The number of hydrogen-bond acceptors (Lipinski definition) is 7. The van der Waals surface area contributed by atoms with E-state index in [9.17, 15) is 4.79 Å². The van der Waals surface area contributed by atoms with Gasteiger partial charge in [0.1, 0.15) is 5.75 Å². The summed E-state index contributed by atoms with van der Waals surface area (Å²) in [6.07, 6.45) is 1.51. The number of carbonyl (C=O) groups is 1. The van der Waals surface area contributed by atoms with Gasteiger partial charge in [0.05, 0.1) is 36.8 Å². The summed E-state index contributed by atoms with van der Waals surface area (Å²) in [5.41, 5.74) is 0.847. The largest absolute Gasteiger partial charge is 0.497 e. The summed E-state index contributed by atoms with van der Waals surface area (Å²) in [5, 5.41) is 0.660. The number of fused-ring (bicyclic) bond motifs is 1. The van der Waals surface area contributed by atoms with Gasteiger partial charge in [0.25, 0.3) is 5.91 Å². The SMILES string of the molecule is COc1ccc2nc(N(CCN3CCOCC3)C(=O)c3ccco3)sc2c1. The lowest BCUT2D eigenvalue weighted by atomic mass is 10.3. The lowest BCUT2D eigenvalue weighted by molar-refractivity contribution is 0.0390. The second-order valence-corrected chi connectivity index (χ2v) is 7.23. The standard InChI is InChI=1S/C19H21N3O4S/c1-24-14-4-5-15-17(13-14)27-19(20-15)22(18(23)16-3-2-10-26-16)7-6-21-8-11-25-12-9-21/h2-5,10,13H,6-9,11-12H2,1H3. The van der Waals surface area contributed by atoms with Crippen LogP contribution < -0.4 is 9.64 Å². The maximum atomic E-state index is 13.0. The lowest BCUT2D eigenvalue weighted by Crippen LogP contribution is -2.43. The Morgan fingerprint density at radius 2 is 2.19 bits per heavy atom. The van der Waals surface area contributed by atoms with Crippen molar-refractivity contribution in [3.8, 4) is 5.75 Å². The van der Waals surface area contributed by atoms with Crippen LogP contribution in [0.15, 0.2) is 41.0 Å². The number of carbonyl (C=O) groups excluding carboxylic acids is 1. The zero-order chi connectivity index (χ0) is 18.6. The predicted molar refractivity (Wildman–Crippen MR) is 104 cm³/mol. The summed E-state index contributed by atoms with van der Waals surface area (Å²) < 4.78 is 17.0. The van der Waals surface area contributed by atoms with Gasteiger partial charge in [-0.25, -0.2) is 4.98 Å². The molecule has 1 aliphatic rings. The molecule has 0 atom stereocenters. The number of amides is 1. The number of thiazole rings is 1. The first-order chi connectivity index (χ1) is 13.2. The van der Waals surface area contributed by atoms with Crippen LogP contribution in [-0.4, -0.2) is 62.3 Å². The fourth-order valence-corrected chi connectivity index (χ4v) is 4.04. The first-order valence-electron chi connectivity index (χ1n) is 8.84. The fourth-order valence-electron chi connectivity index (χ4n) is 3.02. The van der Waals surface area contributed by atoms with Gasteiger partial charge in [-0.1, -0.05) is 11.3 Å². The molecular weight excluding hydrogens is 366 g/mol. The van der Waals surface area contributed by atoms with E-state index in [2.05, 4.69) is 9.88 Å². The highest BCUT2D eigenvalue weighted by Crippen LogP contribution is 2.32. The van der Waals surface area contributed by atoms with Crippen molar-refractivity contribution in [1.29, 1.82) is 0 Å². The van der Waals surface area contributed by atoms with E-state index >= 15 is 0 Å². The Morgan fingerprint density at radius 3 is 2.93 bits per heavy atom. The molecule has 1 amide bonds. The smallest absolute Gasteiger partial charge is 0.295 e. The molecule has 0 bridgehead atoms. The summed E-state index contributed by atoms with van der Waals surface area (Å²) in [6.45, 7) is 4.51. The van der Waals surface area contributed by atoms with Crippen LogP contribution in [0.5, 0.6) is 5.75 Å². The third kappa shape index (κ3) is 3.97. The van der Waals surface area contributed by atoms with E-state index in [0.717, 1.165) is 48.8 Å². The third-order valence-corrected chi connectivity index (χ3v) is 5.58. The van der Waals surface area contributed by atoms with Crippen molar-refractivity contribution in [2.24, 2.45) is 0 Å². The Morgan fingerprint density at radius 1 is 1.33 bits per heavy atom. The van der Waals surface area contributed by atoms with E-state index in [4.69, 9.17) is 13.9 Å². The summed E-state index contributed by atoms with van der Waals surface area (Å²) in [7, 11) is 1.64. The number of benzene rings is 1. The van der Waals surface area contributed by atoms with Gasteiger partial charge in [0, 0.05) is 26.2 Å². The number of morpholine rings is 1. The van der Waals surface area contributed by atoms with E-state index in [-0.39, 0.29) is 5.91 Å². The highest BCUT2D eigenvalue weighted by Gasteiger charge is 2.24. The molecule has 7 nitrogen and oxygen atoms in total. The van der Waals surface area contributed by atoms with Crippen molar-refractivity contribution in [1.82, 2.24) is 9.88 Å². The molecule has 3 heterocycles. The quantitative estimate of drug-likeness (QED) is 0.648. The summed E-state index contributed by atoms with van der Waals surface area (Å²) >= 11 is 1.48. The number of furan rings is 1. The van der Waals surface area contributed by atoms with Crippen LogP contribution in [0.3, 0.4) is 0 Å². The first-order valence-corrected chi connectivity index (χ1v) is 9.66. The van der Waals surface area contributed by atoms with Crippen molar-refractivity contribution in [3.63, 3.8) is 0 Å². The number of rotatable bonds is 6. The second-order valence-electron chi connectivity index (χ2n) is 6.22. The Hall–Kier alpha value is -2.42. The summed E-state index contributed by atoms with van der Waals surface area (Å²) in [5.74, 6) is 0.906. The molecule has 0 aliphatic carbocycles. The number of nitrogens with zero attached hydrogens (tertiary/aromatic N) is 3. The molecule has 0 saturated carbocycles. The molecule has 27 heavy (non-hydrogen) atoms. The van der Waals surface area contributed by atoms with Gasteiger partial charge < -0.3 is 13.9 Å². The van der Waals surface area contributed by atoms with Crippen molar-refractivity contribution < 1.29 is 18.7 Å². The molecule has 4 rings (SSSR count). The van der Waals surface area contributed by atoms with E-state index in [1.807, 2.05) is 18.2 Å². The molecule has 1 fully saturated rings. The Labute approximate surface area is 161 Å². The van der Waals surface area contributed by atoms with Crippen LogP contribution in [0.4, 0.5) is 5.13 Å².